The Labute approximate surface area is 201 Å². The first-order valence-electron chi connectivity index (χ1n) is 12.0. The number of amides is 1. The molecule has 2 heterocycles. The van der Waals surface area contributed by atoms with Crippen molar-refractivity contribution in [2.75, 3.05) is 33.3 Å². The molecular weight excluding hydrogens is 429 g/mol. The Balaban J connectivity index is 1.59. The first-order valence-corrected chi connectivity index (χ1v) is 12.0. The maximum atomic E-state index is 13.4. The molecule has 5 nitrogen and oxygen atoms in total. The number of halogens is 1. The van der Waals surface area contributed by atoms with Crippen LogP contribution in [0.2, 0.25) is 0 Å². The number of hydrogen-bond acceptors (Lipinski definition) is 3. The maximum absolute atomic E-state index is 13.4. The Morgan fingerprint density at radius 3 is 2.62 bits per heavy atom. The van der Waals surface area contributed by atoms with Gasteiger partial charge in [-0.25, -0.2) is 4.39 Å². The number of hydrogen-bond donors (Lipinski definition) is 1. The van der Waals surface area contributed by atoms with E-state index in [0.29, 0.717) is 24.6 Å². The van der Waals surface area contributed by atoms with E-state index in [1.54, 1.807) is 19.2 Å². The Morgan fingerprint density at radius 2 is 1.94 bits per heavy atom. The quantitative estimate of drug-likeness (QED) is 0.476. The number of likely N-dealkylation sites (tertiary alicyclic amines) is 1. The predicted octanol–water partition coefficient (Wildman–Crippen LogP) is 5.18. The van der Waals surface area contributed by atoms with Crippen molar-refractivity contribution in [1.82, 2.24) is 14.8 Å². The summed E-state index contributed by atoms with van der Waals surface area (Å²) >= 11 is 0. The lowest BCUT2D eigenvalue weighted by atomic mass is 9.88. The van der Waals surface area contributed by atoms with Gasteiger partial charge in [-0.2, -0.15) is 0 Å². The summed E-state index contributed by atoms with van der Waals surface area (Å²) in [6, 6.07) is 18.3. The maximum Gasteiger partial charge on any atom is 0.253 e. The minimum Gasteiger partial charge on any atom is -0.497 e. The number of nitrogens with zero attached hydrogens (tertiary/aromatic N) is 2. The highest BCUT2D eigenvalue weighted by Crippen LogP contribution is 2.35. The van der Waals surface area contributed by atoms with Crippen molar-refractivity contribution in [2.45, 2.75) is 26.3 Å². The number of carbonyl (C=O) groups excluding carboxylic acids is 1. The molecule has 1 aliphatic heterocycles. The van der Waals surface area contributed by atoms with Crippen LogP contribution in [0.1, 0.15) is 41.4 Å². The standard InChI is InChI=1S/C28H34FN3O2/c1-20(2)15-32(28(33)21-9-11-24(29)12-10-21)17-23-16-31(18-25-7-5-13-30-25)19-27(23)22-6-4-8-26(14-22)34-3/h4-14,20,23,27,30H,15-19H2,1-3H3. The molecule has 2 aromatic carbocycles. The SMILES string of the molecule is COc1cccc(C2CN(Cc3ccc[nH]3)CC2CN(CC(C)C)C(=O)c2ccc(F)cc2)c1. The largest absolute Gasteiger partial charge is 0.497 e. The van der Waals surface area contributed by atoms with Gasteiger partial charge in [-0.05, 0) is 65.9 Å². The fourth-order valence-corrected chi connectivity index (χ4v) is 4.97. The van der Waals surface area contributed by atoms with E-state index in [4.69, 9.17) is 4.74 Å². The number of H-pyrrole nitrogens is 1. The molecule has 0 bridgehead atoms. The third-order valence-corrected chi connectivity index (χ3v) is 6.51. The van der Waals surface area contributed by atoms with Crippen LogP contribution in [0.4, 0.5) is 4.39 Å². The van der Waals surface area contributed by atoms with Gasteiger partial charge < -0.3 is 14.6 Å². The first kappa shape index (κ1) is 24.0. The third-order valence-electron chi connectivity index (χ3n) is 6.51. The molecule has 34 heavy (non-hydrogen) atoms. The van der Waals surface area contributed by atoms with Gasteiger partial charge in [0, 0.05) is 56.1 Å². The van der Waals surface area contributed by atoms with Crippen molar-refractivity contribution in [2.24, 2.45) is 11.8 Å². The fraction of sp³-hybridized carbons (Fsp3) is 0.393. The molecular formula is C28H34FN3O2. The smallest absolute Gasteiger partial charge is 0.253 e. The molecule has 4 rings (SSSR count). The predicted molar refractivity (Wildman–Crippen MR) is 132 cm³/mol. The van der Waals surface area contributed by atoms with Gasteiger partial charge in [-0.1, -0.05) is 26.0 Å². The van der Waals surface area contributed by atoms with Gasteiger partial charge in [0.15, 0.2) is 0 Å². The number of aromatic nitrogens is 1. The molecule has 3 aromatic rings. The highest BCUT2D eigenvalue weighted by atomic mass is 19.1. The second-order valence-corrected chi connectivity index (χ2v) is 9.64. The number of rotatable bonds is 9. The highest BCUT2D eigenvalue weighted by molar-refractivity contribution is 5.94. The monoisotopic (exact) mass is 463 g/mol. The van der Waals surface area contributed by atoms with Crippen molar-refractivity contribution < 1.29 is 13.9 Å². The number of ether oxygens (including phenoxy) is 1. The molecule has 1 aromatic heterocycles. The van der Waals surface area contributed by atoms with Crippen LogP contribution >= 0.6 is 0 Å². The molecule has 180 valence electrons. The lowest BCUT2D eigenvalue weighted by Gasteiger charge is -2.30. The van der Waals surface area contributed by atoms with E-state index in [2.05, 4.69) is 41.9 Å². The van der Waals surface area contributed by atoms with Crippen LogP contribution in [0.25, 0.3) is 0 Å². The molecule has 0 aliphatic carbocycles. The Bertz CT molecular complexity index is 1070. The molecule has 1 aliphatic rings. The number of aromatic amines is 1. The second kappa shape index (κ2) is 10.9. The lowest BCUT2D eigenvalue weighted by Crippen LogP contribution is -2.39. The number of benzene rings is 2. The van der Waals surface area contributed by atoms with Crippen molar-refractivity contribution in [3.05, 3.63) is 89.5 Å². The van der Waals surface area contributed by atoms with Crippen molar-refractivity contribution in [3.8, 4) is 5.75 Å². The van der Waals surface area contributed by atoms with Crippen LogP contribution in [0.15, 0.2) is 66.9 Å². The molecule has 1 amide bonds. The summed E-state index contributed by atoms with van der Waals surface area (Å²) in [6.45, 7) is 8.21. The summed E-state index contributed by atoms with van der Waals surface area (Å²) in [6.07, 6.45) is 1.95. The van der Waals surface area contributed by atoms with Gasteiger partial charge in [0.2, 0.25) is 0 Å². The summed E-state index contributed by atoms with van der Waals surface area (Å²) in [7, 11) is 1.69. The zero-order chi connectivity index (χ0) is 24.1. The van der Waals surface area contributed by atoms with Crippen molar-refractivity contribution >= 4 is 5.91 Å². The molecule has 1 saturated heterocycles. The Morgan fingerprint density at radius 1 is 1.15 bits per heavy atom. The molecule has 0 saturated carbocycles. The van der Waals surface area contributed by atoms with Gasteiger partial charge in [0.05, 0.1) is 7.11 Å². The van der Waals surface area contributed by atoms with E-state index in [-0.39, 0.29) is 23.6 Å². The molecule has 1 N–H and O–H groups in total. The summed E-state index contributed by atoms with van der Waals surface area (Å²) in [4.78, 5) is 21.1. The van der Waals surface area contributed by atoms with E-state index in [9.17, 15) is 9.18 Å². The fourth-order valence-electron chi connectivity index (χ4n) is 4.97. The van der Waals surface area contributed by atoms with E-state index in [0.717, 1.165) is 25.4 Å². The average Bonchev–Trinajstić information content (AvgIpc) is 3.48. The minimum absolute atomic E-state index is 0.0408. The second-order valence-electron chi connectivity index (χ2n) is 9.64. The first-order chi connectivity index (χ1) is 16.4. The minimum atomic E-state index is -0.333. The summed E-state index contributed by atoms with van der Waals surface area (Å²) in [5.41, 5.74) is 2.95. The number of nitrogens with one attached hydrogen (secondary N) is 1. The summed E-state index contributed by atoms with van der Waals surface area (Å²) in [5, 5.41) is 0. The number of carbonyl (C=O) groups is 1. The Hall–Kier alpha value is -3.12. The molecule has 0 spiro atoms. The lowest BCUT2D eigenvalue weighted by molar-refractivity contribution is 0.0703. The van der Waals surface area contributed by atoms with Crippen LogP contribution in [-0.4, -0.2) is 54.0 Å². The zero-order valence-electron chi connectivity index (χ0n) is 20.2. The van der Waals surface area contributed by atoms with Gasteiger partial charge >= 0.3 is 0 Å². The molecule has 2 unspecified atom stereocenters. The molecule has 2 atom stereocenters. The van der Waals surface area contributed by atoms with Gasteiger partial charge in [0.25, 0.3) is 5.91 Å². The van der Waals surface area contributed by atoms with Crippen LogP contribution in [0.5, 0.6) is 5.75 Å². The van der Waals surface area contributed by atoms with Crippen molar-refractivity contribution in [1.29, 1.82) is 0 Å². The Kier molecular flexibility index (Phi) is 7.68. The van der Waals surface area contributed by atoms with E-state index >= 15 is 0 Å². The van der Waals surface area contributed by atoms with Crippen LogP contribution in [-0.2, 0) is 6.54 Å². The van der Waals surface area contributed by atoms with E-state index < -0.39 is 0 Å². The molecule has 1 fully saturated rings. The van der Waals surface area contributed by atoms with E-state index in [1.807, 2.05) is 29.3 Å². The highest BCUT2D eigenvalue weighted by Gasteiger charge is 2.36. The molecule has 6 heteroatoms. The third kappa shape index (κ3) is 5.86. The molecule has 0 radical (unpaired) electrons. The average molecular weight is 464 g/mol. The zero-order valence-corrected chi connectivity index (χ0v) is 20.2. The van der Waals surface area contributed by atoms with Crippen molar-refractivity contribution in [3.63, 3.8) is 0 Å². The summed E-state index contributed by atoms with van der Waals surface area (Å²) in [5.74, 6) is 1.35. The van der Waals surface area contributed by atoms with Gasteiger partial charge in [-0.15, -0.1) is 0 Å². The van der Waals surface area contributed by atoms with E-state index in [1.165, 1.54) is 23.4 Å². The summed E-state index contributed by atoms with van der Waals surface area (Å²) < 4.78 is 18.9. The van der Waals surface area contributed by atoms with Gasteiger partial charge in [-0.3, -0.25) is 9.69 Å². The van der Waals surface area contributed by atoms with Crippen LogP contribution in [0, 0.1) is 17.7 Å². The topological polar surface area (TPSA) is 48.6 Å². The number of methoxy groups -OCH3 is 1. The van der Waals surface area contributed by atoms with Gasteiger partial charge in [0.1, 0.15) is 11.6 Å². The normalized spacial score (nSPS) is 18.4. The van der Waals surface area contributed by atoms with Crippen LogP contribution < -0.4 is 4.74 Å². The van der Waals surface area contributed by atoms with Crippen LogP contribution in [0.3, 0.4) is 0 Å².